The van der Waals surface area contributed by atoms with Crippen LogP contribution in [0.4, 0.5) is 0 Å². The third-order valence-electron chi connectivity index (χ3n) is 1.76. The highest BCUT2D eigenvalue weighted by Gasteiger charge is 2.17. The first-order valence-electron chi connectivity index (χ1n) is 4.16. The van der Waals surface area contributed by atoms with Crippen LogP contribution in [0.25, 0.3) is 0 Å². The Bertz CT molecular complexity index is 342. The largest absolute Gasteiger partial charge is 0.229 e. The highest BCUT2D eigenvalue weighted by Crippen LogP contribution is 2.27. The van der Waals surface area contributed by atoms with Crippen molar-refractivity contribution in [3.8, 4) is 11.8 Å². The summed E-state index contributed by atoms with van der Waals surface area (Å²) in [6.45, 7) is 1.95. The first-order chi connectivity index (χ1) is 5.84. The topological polar surface area (TPSA) is 25.8 Å². The highest BCUT2D eigenvalue weighted by molar-refractivity contribution is 5.24. The van der Waals surface area contributed by atoms with E-state index in [0.717, 1.165) is 5.69 Å². The van der Waals surface area contributed by atoms with Gasteiger partial charge in [0.05, 0.1) is 0 Å². The summed E-state index contributed by atoms with van der Waals surface area (Å²) in [7, 11) is 0. The van der Waals surface area contributed by atoms with Gasteiger partial charge in [-0.1, -0.05) is 5.92 Å². The van der Waals surface area contributed by atoms with Gasteiger partial charge < -0.3 is 0 Å². The van der Waals surface area contributed by atoms with Crippen LogP contribution in [-0.2, 0) is 0 Å². The van der Waals surface area contributed by atoms with E-state index in [0.29, 0.717) is 11.7 Å². The van der Waals surface area contributed by atoms with Gasteiger partial charge in [-0.3, -0.25) is 0 Å². The molecule has 0 radical (unpaired) electrons. The number of nitrogens with zero attached hydrogens (tertiary/aromatic N) is 2. The summed E-state index contributed by atoms with van der Waals surface area (Å²) >= 11 is 0. The molecule has 0 saturated heterocycles. The average molecular weight is 158 g/mol. The second-order valence-electron chi connectivity index (χ2n) is 3.07. The van der Waals surface area contributed by atoms with Crippen LogP contribution < -0.4 is 0 Å². The molecule has 1 saturated carbocycles. The van der Waals surface area contributed by atoms with Crippen molar-refractivity contribution in [2.45, 2.75) is 19.8 Å². The fraction of sp³-hybridized carbons (Fsp3) is 0.400. The van der Waals surface area contributed by atoms with Crippen molar-refractivity contribution in [1.82, 2.24) is 9.97 Å². The Morgan fingerprint density at radius 2 is 2.33 bits per heavy atom. The molecule has 0 aliphatic heterocycles. The van der Waals surface area contributed by atoms with Gasteiger partial charge in [-0.15, -0.1) is 0 Å². The number of aryl methyl sites for hydroxylation is 1. The van der Waals surface area contributed by atoms with Gasteiger partial charge in [0.2, 0.25) is 5.82 Å². The molecule has 0 N–H and O–H groups in total. The van der Waals surface area contributed by atoms with Gasteiger partial charge in [-0.2, -0.15) is 0 Å². The Kier molecular flexibility index (Phi) is 1.79. The summed E-state index contributed by atoms with van der Waals surface area (Å²) in [4.78, 5) is 8.24. The van der Waals surface area contributed by atoms with E-state index >= 15 is 0 Å². The zero-order valence-corrected chi connectivity index (χ0v) is 7.04. The zero-order chi connectivity index (χ0) is 8.39. The van der Waals surface area contributed by atoms with E-state index in [1.807, 2.05) is 13.0 Å². The Labute approximate surface area is 72.1 Å². The summed E-state index contributed by atoms with van der Waals surface area (Å²) in [5.74, 6) is 7.37. The molecule has 0 bridgehead atoms. The zero-order valence-electron chi connectivity index (χ0n) is 7.04. The maximum absolute atomic E-state index is 4.19. The molecule has 1 aliphatic carbocycles. The van der Waals surface area contributed by atoms with Gasteiger partial charge in [0.15, 0.2) is 0 Å². The first kappa shape index (κ1) is 7.30. The summed E-state index contributed by atoms with van der Waals surface area (Å²) in [5, 5.41) is 0. The van der Waals surface area contributed by atoms with Crippen LogP contribution in [-0.4, -0.2) is 9.97 Å². The van der Waals surface area contributed by atoms with Crippen LogP contribution in [0.1, 0.15) is 24.4 Å². The van der Waals surface area contributed by atoms with Crippen LogP contribution >= 0.6 is 0 Å². The van der Waals surface area contributed by atoms with Crippen molar-refractivity contribution in [2.75, 3.05) is 0 Å². The van der Waals surface area contributed by atoms with E-state index in [2.05, 4.69) is 21.8 Å². The normalized spacial score (nSPS) is 15.1. The minimum Gasteiger partial charge on any atom is -0.229 e. The molecule has 12 heavy (non-hydrogen) atoms. The van der Waals surface area contributed by atoms with E-state index in [9.17, 15) is 0 Å². The maximum Gasteiger partial charge on any atom is 0.205 e. The van der Waals surface area contributed by atoms with E-state index in [1.165, 1.54) is 12.8 Å². The van der Waals surface area contributed by atoms with Crippen LogP contribution in [0.3, 0.4) is 0 Å². The highest BCUT2D eigenvalue weighted by atomic mass is 14.9. The molecule has 1 aliphatic rings. The number of hydrogen-bond donors (Lipinski definition) is 0. The van der Waals surface area contributed by atoms with Crippen molar-refractivity contribution < 1.29 is 0 Å². The van der Waals surface area contributed by atoms with Crippen molar-refractivity contribution in [3.05, 3.63) is 23.8 Å². The molecule has 2 nitrogen and oxygen atoms in total. The molecule has 0 spiro atoms. The number of rotatable bonds is 0. The summed E-state index contributed by atoms with van der Waals surface area (Å²) < 4.78 is 0. The molecule has 0 unspecified atom stereocenters. The minimum absolute atomic E-state index is 0.620. The van der Waals surface area contributed by atoms with Gasteiger partial charge in [-0.05, 0) is 31.8 Å². The Hall–Kier alpha value is -1.36. The number of hydrogen-bond acceptors (Lipinski definition) is 2. The molecular weight excluding hydrogens is 148 g/mol. The molecule has 0 aromatic carbocycles. The molecule has 60 valence electrons. The Morgan fingerprint density at radius 3 is 3.00 bits per heavy atom. The van der Waals surface area contributed by atoms with Gasteiger partial charge in [-0.25, -0.2) is 9.97 Å². The maximum atomic E-state index is 4.19. The Balaban J connectivity index is 2.18. The minimum atomic E-state index is 0.620. The summed E-state index contributed by atoms with van der Waals surface area (Å²) in [6, 6.07) is 1.88. The predicted octanol–water partition coefficient (Wildman–Crippen LogP) is 1.55. The van der Waals surface area contributed by atoms with E-state index in [4.69, 9.17) is 0 Å². The molecule has 0 atom stereocenters. The van der Waals surface area contributed by atoms with Crippen LogP contribution in [0.5, 0.6) is 0 Å². The van der Waals surface area contributed by atoms with Crippen LogP contribution in [0, 0.1) is 24.7 Å². The fourth-order valence-corrected chi connectivity index (χ4v) is 0.903. The quantitative estimate of drug-likeness (QED) is 0.535. The van der Waals surface area contributed by atoms with Gasteiger partial charge in [0, 0.05) is 17.8 Å². The second kappa shape index (κ2) is 2.94. The van der Waals surface area contributed by atoms with Gasteiger partial charge in [0.25, 0.3) is 0 Å². The lowest BCUT2D eigenvalue weighted by molar-refractivity contribution is 1.06. The third-order valence-corrected chi connectivity index (χ3v) is 1.76. The van der Waals surface area contributed by atoms with Gasteiger partial charge in [0.1, 0.15) is 0 Å². The predicted molar refractivity (Wildman–Crippen MR) is 46.4 cm³/mol. The third kappa shape index (κ3) is 1.82. The number of aromatic nitrogens is 2. The lowest BCUT2D eigenvalue weighted by Crippen LogP contribution is -1.89. The van der Waals surface area contributed by atoms with Crippen LogP contribution in [0.2, 0.25) is 0 Å². The van der Waals surface area contributed by atoms with E-state index in [-0.39, 0.29) is 0 Å². The van der Waals surface area contributed by atoms with Crippen molar-refractivity contribution in [2.24, 2.45) is 5.92 Å². The second-order valence-corrected chi connectivity index (χ2v) is 3.07. The molecule has 1 fully saturated rings. The van der Waals surface area contributed by atoms with Gasteiger partial charge >= 0.3 is 0 Å². The molecular formula is C10H10N2. The SMILES string of the molecule is Cc1ccnc(C#CC2CC2)n1. The monoisotopic (exact) mass is 158 g/mol. The first-order valence-corrected chi connectivity index (χ1v) is 4.16. The molecule has 2 rings (SSSR count). The molecule has 2 heteroatoms. The fourth-order valence-electron chi connectivity index (χ4n) is 0.903. The average Bonchev–Trinajstić information content (AvgIpc) is 2.84. The van der Waals surface area contributed by atoms with Crippen molar-refractivity contribution >= 4 is 0 Å². The Morgan fingerprint density at radius 1 is 1.50 bits per heavy atom. The molecule has 1 heterocycles. The summed E-state index contributed by atoms with van der Waals surface area (Å²) in [5.41, 5.74) is 0.977. The smallest absolute Gasteiger partial charge is 0.205 e. The van der Waals surface area contributed by atoms with Crippen molar-refractivity contribution in [3.63, 3.8) is 0 Å². The van der Waals surface area contributed by atoms with Crippen molar-refractivity contribution in [1.29, 1.82) is 0 Å². The van der Waals surface area contributed by atoms with E-state index < -0.39 is 0 Å². The molecule has 1 aromatic rings. The van der Waals surface area contributed by atoms with E-state index in [1.54, 1.807) is 6.20 Å². The standard InChI is InChI=1S/C10H10N2/c1-8-6-7-11-10(12-8)5-4-9-2-3-9/h6-7,9H,2-3H2,1H3. The molecule has 0 amide bonds. The lowest BCUT2D eigenvalue weighted by Gasteiger charge is -1.89. The lowest BCUT2D eigenvalue weighted by atomic mass is 10.4. The summed E-state index contributed by atoms with van der Waals surface area (Å²) in [6.07, 6.45) is 4.25. The van der Waals surface area contributed by atoms with Crippen LogP contribution in [0.15, 0.2) is 12.3 Å². The molecule has 1 aromatic heterocycles.